The minimum atomic E-state index is -0.551. The van der Waals surface area contributed by atoms with Crippen molar-refractivity contribution in [2.75, 3.05) is 13.2 Å². The van der Waals surface area contributed by atoms with Gasteiger partial charge in [0, 0.05) is 12.4 Å². The van der Waals surface area contributed by atoms with E-state index >= 15 is 0 Å². The van der Waals surface area contributed by atoms with Gasteiger partial charge in [-0.15, -0.1) is 0 Å². The van der Waals surface area contributed by atoms with E-state index in [4.69, 9.17) is 10.3 Å². The van der Waals surface area contributed by atoms with E-state index in [1.54, 1.807) is 20.8 Å². The number of aromatic nitrogens is 1. The molecule has 0 bridgehead atoms. The van der Waals surface area contributed by atoms with Crippen molar-refractivity contribution >= 4 is 17.7 Å². The fourth-order valence-electron chi connectivity index (χ4n) is 2.49. The van der Waals surface area contributed by atoms with Gasteiger partial charge in [0.05, 0.1) is 19.1 Å². The molecule has 0 radical (unpaired) electrons. The van der Waals surface area contributed by atoms with E-state index in [1.165, 1.54) is 0 Å². The Morgan fingerprint density at radius 2 is 1.53 bits per heavy atom. The molecule has 0 aliphatic heterocycles. The molecular formula is C23H35N3O4. The Morgan fingerprint density at radius 1 is 1.00 bits per heavy atom. The normalized spacial score (nSPS) is 12.3. The number of carbonyl (C=O) groups excluding carboxylic acids is 2. The third-order valence-corrected chi connectivity index (χ3v) is 3.90. The number of rotatable bonds is 7. The summed E-state index contributed by atoms with van der Waals surface area (Å²) in [4.78, 5) is 25.4. The molecule has 7 nitrogen and oxygen atoms in total. The van der Waals surface area contributed by atoms with Crippen LogP contribution in [0.25, 0.3) is 5.53 Å². The summed E-state index contributed by atoms with van der Waals surface area (Å²) in [6.07, 6.45) is 13.3. The van der Waals surface area contributed by atoms with Crippen LogP contribution in [0.5, 0.6) is 0 Å². The van der Waals surface area contributed by atoms with Gasteiger partial charge in [0.2, 0.25) is 0 Å². The van der Waals surface area contributed by atoms with Crippen LogP contribution in [0.15, 0.2) is 48.8 Å². The van der Waals surface area contributed by atoms with Crippen LogP contribution in [0.2, 0.25) is 0 Å². The predicted octanol–water partition coefficient (Wildman–Crippen LogP) is 4.63. The molecule has 0 saturated heterocycles. The van der Waals surface area contributed by atoms with E-state index in [2.05, 4.69) is 33.8 Å². The number of ether oxygens (including phenoxy) is 2. The number of nitrogens with zero attached hydrogens (tertiary/aromatic N) is 3. The Labute approximate surface area is 180 Å². The molecule has 2 rings (SSSR count). The highest BCUT2D eigenvalue weighted by Gasteiger charge is 2.25. The second-order valence-electron chi connectivity index (χ2n) is 7.02. The quantitative estimate of drug-likeness (QED) is 0.280. The summed E-state index contributed by atoms with van der Waals surface area (Å²) in [5.41, 5.74) is 8.44. The summed E-state index contributed by atoms with van der Waals surface area (Å²) in [6.45, 7) is 11.8. The molecule has 1 aromatic heterocycles. The Kier molecular flexibility index (Phi) is 14.4. The minimum absolute atomic E-state index is 0.0619. The first-order valence-corrected chi connectivity index (χ1v) is 10.3. The average molecular weight is 418 g/mol. The summed E-state index contributed by atoms with van der Waals surface area (Å²) in [5, 5.41) is 0. The van der Waals surface area contributed by atoms with E-state index in [0.29, 0.717) is 13.2 Å². The molecule has 166 valence electrons. The summed E-state index contributed by atoms with van der Waals surface area (Å²) in [6, 6.07) is 3.62. The second-order valence-corrected chi connectivity index (χ2v) is 7.02. The Morgan fingerprint density at radius 3 is 1.87 bits per heavy atom. The topological polar surface area (TPSA) is 93.9 Å². The third kappa shape index (κ3) is 10.6. The zero-order valence-electron chi connectivity index (χ0n) is 18.9. The highest BCUT2D eigenvalue weighted by molar-refractivity contribution is 6.34. The molecule has 1 unspecified atom stereocenters. The van der Waals surface area contributed by atoms with Crippen LogP contribution >= 0.6 is 0 Å². The van der Waals surface area contributed by atoms with Crippen molar-refractivity contribution in [2.45, 2.75) is 54.0 Å². The third-order valence-electron chi connectivity index (χ3n) is 3.90. The van der Waals surface area contributed by atoms with Gasteiger partial charge in [0.1, 0.15) is 6.04 Å². The lowest BCUT2D eigenvalue weighted by Gasteiger charge is -2.20. The van der Waals surface area contributed by atoms with Crippen LogP contribution in [0.1, 0.15) is 54.0 Å². The molecule has 0 amide bonds. The maximum Gasteiger partial charge on any atom is 0.417 e. The molecule has 0 saturated carbocycles. The van der Waals surface area contributed by atoms with Gasteiger partial charge in [0.25, 0.3) is 0 Å². The number of hydrogen-bond donors (Lipinski definition) is 0. The molecule has 1 atom stereocenters. The highest BCUT2D eigenvalue weighted by atomic mass is 16.5. The summed E-state index contributed by atoms with van der Waals surface area (Å²) >= 11 is 0. The van der Waals surface area contributed by atoms with Crippen LogP contribution in [0.4, 0.5) is 0 Å². The van der Waals surface area contributed by atoms with Gasteiger partial charge in [-0.2, -0.15) is 4.79 Å². The minimum Gasteiger partial charge on any atom is -0.464 e. The monoisotopic (exact) mass is 417 g/mol. The second kappa shape index (κ2) is 15.9. The number of hydrogen-bond acceptors (Lipinski definition) is 4. The van der Waals surface area contributed by atoms with Crippen molar-refractivity contribution < 1.29 is 23.9 Å². The van der Waals surface area contributed by atoms with Crippen molar-refractivity contribution in [2.24, 2.45) is 11.8 Å². The zero-order chi connectivity index (χ0) is 22.9. The van der Waals surface area contributed by atoms with Crippen molar-refractivity contribution in [1.29, 1.82) is 0 Å². The van der Waals surface area contributed by atoms with Crippen molar-refractivity contribution in [3.05, 3.63) is 54.4 Å². The molecule has 0 spiro atoms. The van der Waals surface area contributed by atoms with Crippen LogP contribution in [-0.2, 0) is 19.1 Å². The highest BCUT2D eigenvalue weighted by Crippen LogP contribution is 2.19. The molecule has 30 heavy (non-hydrogen) atoms. The van der Waals surface area contributed by atoms with Crippen molar-refractivity contribution in [3.63, 3.8) is 0 Å². The van der Waals surface area contributed by atoms with Gasteiger partial charge in [-0.3, -0.25) is 0 Å². The Hall–Kier alpha value is -2.92. The lowest BCUT2D eigenvalue weighted by molar-refractivity contribution is -0.148. The first-order valence-electron chi connectivity index (χ1n) is 10.3. The summed E-state index contributed by atoms with van der Waals surface area (Å²) in [5.74, 6) is -0.579. The summed E-state index contributed by atoms with van der Waals surface area (Å²) in [7, 11) is 0. The largest absolute Gasteiger partial charge is 0.464 e. The summed E-state index contributed by atoms with van der Waals surface area (Å²) < 4.78 is 11.5. The van der Waals surface area contributed by atoms with E-state index in [0.717, 1.165) is 6.42 Å². The molecule has 0 aromatic carbocycles. The molecule has 7 heteroatoms. The molecule has 1 aliphatic rings. The lowest BCUT2D eigenvalue weighted by atomic mass is 10.0. The van der Waals surface area contributed by atoms with Crippen molar-refractivity contribution in [1.82, 2.24) is 4.57 Å². The molecule has 0 N–H and O–H groups in total. The number of allylic oxidation sites excluding steroid dienone is 4. The zero-order valence-corrected chi connectivity index (χ0v) is 18.9. The van der Waals surface area contributed by atoms with Gasteiger partial charge in [-0.1, -0.05) is 52.0 Å². The van der Waals surface area contributed by atoms with E-state index in [1.807, 2.05) is 49.9 Å². The van der Waals surface area contributed by atoms with Gasteiger partial charge in [-0.05, 0) is 38.3 Å². The predicted molar refractivity (Wildman–Crippen MR) is 118 cm³/mol. The fraction of sp³-hybridized carbons (Fsp3) is 0.522. The standard InChI is InChI=1S/C11H17NO2.C7H12N2O2.C5H6/c1-4-14-11(13)10(9(2)3)12-7-5-6-8-12;1-4-11-7(10)6(9-8)5(2)3;1-2-4-5-3-1/h5-10H,4H2,1-3H3;5H,4H2,1-3H3;1-4H,5H2. The average Bonchev–Trinajstić information content (AvgIpc) is 3.40. The number of esters is 2. The molecule has 1 aliphatic carbocycles. The first-order chi connectivity index (χ1) is 14.3. The lowest BCUT2D eigenvalue weighted by Crippen LogP contribution is -2.25. The van der Waals surface area contributed by atoms with E-state index in [-0.39, 0.29) is 29.6 Å². The van der Waals surface area contributed by atoms with Gasteiger partial charge >= 0.3 is 17.7 Å². The van der Waals surface area contributed by atoms with Crippen LogP contribution in [-0.4, -0.2) is 40.2 Å². The molecule has 1 aromatic rings. The molecule has 0 fully saturated rings. The first kappa shape index (κ1) is 27.1. The van der Waals surface area contributed by atoms with Gasteiger partial charge < -0.3 is 19.6 Å². The SMILES string of the molecule is C1=CCC=C1.CCOC(=O)C(=[N+]=[N-])C(C)C.CCOC(=O)C(C(C)C)n1cccc1. The van der Waals surface area contributed by atoms with Gasteiger partial charge in [-0.25, -0.2) is 9.59 Å². The van der Waals surface area contributed by atoms with Crippen LogP contribution < -0.4 is 0 Å². The molecule has 1 heterocycles. The maximum absolute atomic E-state index is 11.6. The Bertz CT molecular complexity index is 718. The van der Waals surface area contributed by atoms with E-state index < -0.39 is 5.97 Å². The van der Waals surface area contributed by atoms with Gasteiger partial charge in [0.15, 0.2) is 0 Å². The Balaban J connectivity index is 0.000000464. The van der Waals surface area contributed by atoms with Crippen molar-refractivity contribution in [3.8, 4) is 0 Å². The number of carbonyl (C=O) groups is 2. The fourth-order valence-corrected chi connectivity index (χ4v) is 2.49. The van der Waals surface area contributed by atoms with E-state index in [9.17, 15) is 9.59 Å². The smallest absolute Gasteiger partial charge is 0.417 e. The molecular weight excluding hydrogens is 382 g/mol. The van der Waals surface area contributed by atoms with Crippen LogP contribution in [0.3, 0.4) is 0 Å². The maximum atomic E-state index is 11.6. The van der Waals surface area contributed by atoms with Crippen LogP contribution in [0, 0.1) is 11.8 Å².